The summed E-state index contributed by atoms with van der Waals surface area (Å²) in [6.07, 6.45) is -0.471. The standard InChI is InChI=1S/C16H27N3O5S/c1-15(2,3)13-18-11(19-24-13)9-25-8-7-10(12(20)21)17-14(22)23-16(4,5)6/h10H,7-9H2,1-6H3,(H,17,22)(H,20,21). The lowest BCUT2D eigenvalue weighted by molar-refractivity contribution is -0.139. The normalized spacial score (nSPS) is 13.4. The van der Waals surface area contributed by atoms with Crippen molar-refractivity contribution in [3.63, 3.8) is 0 Å². The van der Waals surface area contributed by atoms with E-state index in [9.17, 15) is 14.7 Å². The van der Waals surface area contributed by atoms with Crippen LogP contribution in [0.4, 0.5) is 4.79 Å². The number of carbonyl (C=O) groups is 2. The van der Waals surface area contributed by atoms with E-state index in [1.807, 2.05) is 20.8 Å². The number of rotatable bonds is 7. The van der Waals surface area contributed by atoms with Crippen molar-refractivity contribution in [1.82, 2.24) is 15.5 Å². The molecule has 1 aromatic heterocycles. The fraction of sp³-hybridized carbons (Fsp3) is 0.750. The zero-order chi connectivity index (χ0) is 19.3. The summed E-state index contributed by atoms with van der Waals surface area (Å²) < 4.78 is 10.3. The Morgan fingerprint density at radius 2 is 1.92 bits per heavy atom. The lowest BCUT2D eigenvalue weighted by Gasteiger charge is -2.21. The molecule has 0 aliphatic heterocycles. The first-order valence-electron chi connectivity index (χ1n) is 8.01. The van der Waals surface area contributed by atoms with E-state index in [0.717, 1.165) is 0 Å². The van der Waals surface area contributed by atoms with Gasteiger partial charge in [-0.25, -0.2) is 9.59 Å². The van der Waals surface area contributed by atoms with E-state index in [1.54, 1.807) is 20.8 Å². The zero-order valence-electron chi connectivity index (χ0n) is 15.6. The Balaban J connectivity index is 2.42. The summed E-state index contributed by atoms with van der Waals surface area (Å²) in [5.74, 6) is 1.07. The van der Waals surface area contributed by atoms with Crippen LogP contribution >= 0.6 is 11.8 Å². The van der Waals surface area contributed by atoms with E-state index < -0.39 is 23.7 Å². The molecule has 9 heteroatoms. The predicted molar refractivity (Wildman–Crippen MR) is 94.6 cm³/mol. The largest absolute Gasteiger partial charge is 0.480 e. The molecule has 1 amide bonds. The Kier molecular flexibility index (Phi) is 7.28. The van der Waals surface area contributed by atoms with E-state index in [4.69, 9.17) is 9.26 Å². The number of hydrogen-bond acceptors (Lipinski definition) is 7. The summed E-state index contributed by atoms with van der Waals surface area (Å²) in [6.45, 7) is 11.1. The number of hydrogen-bond donors (Lipinski definition) is 2. The van der Waals surface area contributed by atoms with Crippen LogP contribution in [0.2, 0.25) is 0 Å². The summed E-state index contributed by atoms with van der Waals surface area (Å²) in [4.78, 5) is 27.3. The van der Waals surface area contributed by atoms with Crippen LogP contribution < -0.4 is 5.32 Å². The molecule has 1 heterocycles. The van der Waals surface area contributed by atoms with Crippen molar-refractivity contribution in [1.29, 1.82) is 0 Å². The van der Waals surface area contributed by atoms with Crippen molar-refractivity contribution >= 4 is 23.8 Å². The minimum atomic E-state index is -1.10. The van der Waals surface area contributed by atoms with Gasteiger partial charge in [-0.2, -0.15) is 16.7 Å². The van der Waals surface area contributed by atoms with Gasteiger partial charge in [-0.15, -0.1) is 0 Å². The molecule has 1 unspecified atom stereocenters. The average Bonchev–Trinajstić information content (AvgIpc) is 2.88. The smallest absolute Gasteiger partial charge is 0.408 e. The molecule has 0 radical (unpaired) electrons. The number of carboxylic acids is 1. The van der Waals surface area contributed by atoms with Crippen LogP contribution in [0.5, 0.6) is 0 Å². The summed E-state index contributed by atoms with van der Waals surface area (Å²) in [6, 6.07) is -1.00. The van der Waals surface area contributed by atoms with E-state index >= 15 is 0 Å². The van der Waals surface area contributed by atoms with Crippen molar-refractivity contribution in [3.8, 4) is 0 Å². The Hall–Kier alpha value is -1.77. The van der Waals surface area contributed by atoms with Gasteiger partial charge in [0.15, 0.2) is 5.82 Å². The lowest BCUT2D eigenvalue weighted by Crippen LogP contribution is -2.43. The van der Waals surface area contributed by atoms with Gasteiger partial charge in [-0.1, -0.05) is 25.9 Å². The molecule has 0 saturated heterocycles. The SMILES string of the molecule is CC(C)(C)OC(=O)NC(CCSCc1noc(C(C)(C)C)n1)C(=O)O. The zero-order valence-corrected chi connectivity index (χ0v) is 16.4. The van der Waals surface area contributed by atoms with E-state index in [-0.39, 0.29) is 11.8 Å². The van der Waals surface area contributed by atoms with Gasteiger partial charge in [-0.05, 0) is 32.9 Å². The number of nitrogens with zero attached hydrogens (tertiary/aromatic N) is 2. The maximum absolute atomic E-state index is 11.7. The molecule has 0 aliphatic rings. The molecule has 0 saturated carbocycles. The number of carboxylic acid groups (broad SMARTS) is 1. The van der Waals surface area contributed by atoms with Gasteiger partial charge < -0.3 is 19.7 Å². The predicted octanol–water partition coefficient (Wildman–Crippen LogP) is 2.97. The summed E-state index contributed by atoms with van der Waals surface area (Å²) >= 11 is 1.48. The van der Waals surface area contributed by atoms with Gasteiger partial charge in [0.2, 0.25) is 5.89 Å². The Morgan fingerprint density at radius 1 is 1.28 bits per heavy atom. The molecule has 1 rings (SSSR count). The lowest BCUT2D eigenvalue weighted by atomic mass is 9.97. The molecule has 0 aromatic carbocycles. The molecule has 0 aliphatic carbocycles. The number of nitrogens with one attached hydrogen (secondary N) is 1. The molecule has 25 heavy (non-hydrogen) atoms. The third-order valence-electron chi connectivity index (χ3n) is 2.88. The molecular formula is C16H27N3O5S. The minimum absolute atomic E-state index is 0.207. The van der Waals surface area contributed by atoms with Gasteiger partial charge in [0, 0.05) is 5.41 Å². The third-order valence-corrected chi connectivity index (χ3v) is 3.87. The van der Waals surface area contributed by atoms with Crippen molar-refractivity contribution in [2.75, 3.05) is 5.75 Å². The van der Waals surface area contributed by atoms with Crippen molar-refractivity contribution in [2.24, 2.45) is 0 Å². The van der Waals surface area contributed by atoms with Crippen molar-refractivity contribution < 1.29 is 24.0 Å². The van der Waals surface area contributed by atoms with Crippen LogP contribution in [-0.2, 0) is 20.7 Å². The summed E-state index contributed by atoms with van der Waals surface area (Å²) in [5, 5.41) is 15.5. The second kappa shape index (κ2) is 8.55. The monoisotopic (exact) mass is 373 g/mol. The van der Waals surface area contributed by atoms with Crippen molar-refractivity contribution in [3.05, 3.63) is 11.7 Å². The molecule has 2 N–H and O–H groups in total. The highest BCUT2D eigenvalue weighted by atomic mass is 32.2. The molecule has 0 fully saturated rings. The first kappa shape index (κ1) is 21.3. The molecule has 8 nitrogen and oxygen atoms in total. The molecule has 1 atom stereocenters. The van der Waals surface area contributed by atoms with Gasteiger partial charge >= 0.3 is 12.1 Å². The quantitative estimate of drug-likeness (QED) is 0.701. The number of aromatic nitrogens is 2. The van der Waals surface area contributed by atoms with Crippen LogP contribution in [0, 0.1) is 0 Å². The van der Waals surface area contributed by atoms with Crippen LogP contribution in [0.15, 0.2) is 4.52 Å². The van der Waals surface area contributed by atoms with Crippen LogP contribution in [-0.4, -0.2) is 44.7 Å². The fourth-order valence-corrected chi connectivity index (χ4v) is 2.54. The third kappa shape index (κ3) is 8.24. The Bertz CT molecular complexity index is 589. The van der Waals surface area contributed by atoms with E-state index in [0.29, 0.717) is 23.2 Å². The van der Waals surface area contributed by atoms with E-state index in [2.05, 4.69) is 15.5 Å². The van der Waals surface area contributed by atoms with Crippen LogP contribution in [0.3, 0.4) is 0 Å². The van der Waals surface area contributed by atoms with Crippen LogP contribution in [0.25, 0.3) is 0 Å². The highest BCUT2D eigenvalue weighted by molar-refractivity contribution is 7.98. The first-order chi connectivity index (χ1) is 11.4. The number of alkyl carbamates (subject to hydrolysis) is 1. The number of aliphatic carboxylic acids is 1. The highest BCUT2D eigenvalue weighted by Gasteiger charge is 2.24. The Morgan fingerprint density at radius 3 is 2.40 bits per heavy atom. The molecule has 1 aromatic rings. The van der Waals surface area contributed by atoms with E-state index in [1.165, 1.54) is 11.8 Å². The number of carbonyl (C=O) groups excluding carboxylic acids is 1. The summed E-state index contributed by atoms with van der Waals surface area (Å²) in [5.41, 5.74) is -0.882. The highest BCUT2D eigenvalue weighted by Crippen LogP contribution is 2.21. The maximum atomic E-state index is 11.7. The number of ether oxygens (including phenoxy) is 1. The molecule has 0 spiro atoms. The maximum Gasteiger partial charge on any atom is 0.408 e. The Labute approximate surface area is 152 Å². The summed E-state index contributed by atoms with van der Waals surface area (Å²) in [7, 11) is 0. The molecule has 0 bridgehead atoms. The van der Waals surface area contributed by atoms with Gasteiger partial charge in [0.05, 0.1) is 5.75 Å². The molecular weight excluding hydrogens is 346 g/mol. The van der Waals surface area contributed by atoms with Gasteiger partial charge in [0.1, 0.15) is 11.6 Å². The van der Waals surface area contributed by atoms with Crippen LogP contribution in [0.1, 0.15) is 59.7 Å². The van der Waals surface area contributed by atoms with Gasteiger partial charge in [-0.3, -0.25) is 0 Å². The second-order valence-electron chi connectivity index (χ2n) is 7.64. The first-order valence-corrected chi connectivity index (χ1v) is 9.17. The average molecular weight is 373 g/mol. The van der Waals surface area contributed by atoms with Gasteiger partial charge in [0.25, 0.3) is 0 Å². The fourth-order valence-electron chi connectivity index (χ4n) is 1.69. The minimum Gasteiger partial charge on any atom is -0.480 e. The number of thioether (sulfide) groups is 1. The molecule has 142 valence electrons. The number of amides is 1. The second-order valence-corrected chi connectivity index (χ2v) is 8.75. The van der Waals surface area contributed by atoms with Crippen molar-refractivity contribution in [2.45, 2.75) is 70.8 Å². The topological polar surface area (TPSA) is 115 Å².